The van der Waals surface area contributed by atoms with Crippen molar-refractivity contribution in [3.63, 3.8) is 0 Å². The molecule has 1 aliphatic rings. The zero-order valence-corrected chi connectivity index (χ0v) is 12.9. The Balaban J connectivity index is 1.72. The molecule has 0 saturated carbocycles. The molecule has 1 amide bonds. The summed E-state index contributed by atoms with van der Waals surface area (Å²) >= 11 is 1.57. The highest BCUT2D eigenvalue weighted by atomic mass is 32.2. The molecule has 1 N–H and O–H groups in total. The van der Waals surface area contributed by atoms with E-state index in [1.165, 1.54) is 12.1 Å². The second kappa shape index (κ2) is 8.39. The van der Waals surface area contributed by atoms with Crippen LogP contribution in [0.1, 0.15) is 24.8 Å². The number of aliphatic hydroxyl groups excluding tert-OH is 1. The number of benzene rings is 1. The summed E-state index contributed by atoms with van der Waals surface area (Å²) in [4.78, 5) is 14.1. The predicted octanol–water partition coefficient (Wildman–Crippen LogP) is 2.68. The Labute approximate surface area is 129 Å². The van der Waals surface area contributed by atoms with Gasteiger partial charge in [-0.2, -0.15) is 0 Å². The maximum Gasteiger partial charge on any atom is 0.232 e. The Morgan fingerprint density at radius 1 is 1.38 bits per heavy atom. The molecule has 0 radical (unpaired) electrons. The maximum absolute atomic E-state index is 12.8. The first-order chi connectivity index (χ1) is 10.2. The van der Waals surface area contributed by atoms with E-state index in [-0.39, 0.29) is 18.3 Å². The second-order valence-corrected chi connectivity index (χ2v) is 6.47. The molecule has 1 unspecified atom stereocenters. The monoisotopic (exact) mass is 311 g/mol. The van der Waals surface area contributed by atoms with Crippen molar-refractivity contribution in [3.05, 3.63) is 35.6 Å². The molecule has 0 aromatic heterocycles. The number of halogens is 1. The molecular weight excluding hydrogens is 289 g/mol. The smallest absolute Gasteiger partial charge is 0.232 e. The first kappa shape index (κ1) is 16.3. The molecule has 3 nitrogen and oxygen atoms in total. The Morgan fingerprint density at radius 2 is 2.14 bits per heavy atom. The van der Waals surface area contributed by atoms with Crippen LogP contribution in [0.2, 0.25) is 0 Å². The lowest BCUT2D eigenvalue weighted by atomic mass is 9.95. The number of hydrogen-bond acceptors (Lipinski definition) is 3. The van der Waals surface area contributed by atoms with Crippen LogP contribution in [0.3, 0.4) is 0 Å². The largest absolute Gasteiger partial charge is 0.396 e. The molecule has 21 heavy (non-hydrogen) atoms. The van der Waals surface area contributed by atoms with Gasteiger partial charge >= 0.3 is 0 Å². The SMILES string of the molecule is O=C(CSCc1ccc(F)cc1)N1CCCC(CCO)C1. The van der Waals surface area contributed by atoms with Crippen LogP contribution in [0, 0.1) is 11.7 Å². The Bertz CT molecular complexity index is 450. The van der Waals surface area contributed by atoms with E-state index in [2.05, 4.69) is 0 Å². The lowest BCUT2D eigenvalue weighted by molar-refractivity contribution is -0.130. The van der Waals surface area contributed by atoms with Crippen molar-refractivity contribution in [2.75, 3.05) is 25.4 Å². The van der Waals surface area contributed by atoms with Crippen LogP contribution in [0.4, 0.5) is 4.39 Å². The van der Waals surface area contributed by atoms with Gasteiger partial charge in [-0.1, -0.05) is 12.1 Å². The number of aliphatic hydroxyl groups is 1. The van der Waals surface area contributed by atoms with E-state index in [0.29, 0.717) is 11.7 Å². The molecule has 5 heteroatoms. The van der Waals surface area contributed by atoms with Crippen LogP contribution in [0.15, 0.2) is 24.3 Å². The van der Waals surface area contributed by atoms with E-state index in [4.69, 9.17) is 5.11 Å². The van der Waals surface area contributed by atoms with Gasteiger partial charge in [-0.3, -0.25) is 4.79 Å². The van der Waals surface area contributed by atoms with Crippen molar-refractivity contribution in [3.8, 4) is 0 Å². The number of amides is 1. The van der Waals surface area contributed by atoms with Gasteiger partial charge in [-0.25, -0.2) is 4.39 Å². The highest BCUT2D eigenvalue weighted by Crippen LogP contribution is 2.21. The number of carbonyl (C=O) groups excluding carboxylic acids is 1. The van der Waals surface area contributed by atoms with E-state index in [1.807, 2.05) is 4.90 Å². The predicted molar refractivity (Wildman–Crippen MR) is 83.6 cm³/mol. The third-order valence-electron chi connectivity index (χ3n) is 3.82. The zero-order chi connectivity index (χ0) is 15.1. The Morgan fingerprint density at radius 3 is 2.86 bits per heavy atom. The molecule has 2 rings (SSSR count). The fourth-order valence-corrected chi connectivity index (χ4v) is 3.53. The lowest BCUT2D eigenvalue weighted by Gasteiger charge is -2.32. The second-order valence-electron chi connectivity index (χ2n) is 5.48. The first-order valence-electron chi connectivity index (χ1n) is 7.40. The van der Waals surface area contributed by atoms with E-state index in [9.17, 15) is 9.18 Å². The summed E-state index contributed by atoms with van der Waals surface area (Å²) in [6.07, 6.45) is 2.92. The summed E-state index contributed by atoms with van der Waals surface area (Å²) in [5.74, 6) is 1.56. The lowest BCUT2D eigenvalue weighted by Crippen LogP contribution is -2.41. The Hall–Kier alpha value is -1.07. The molecule has 1 heterocycles. The first-order valence-corrected chi connectivity index (χ1v) is 8.55. The van der Waals surface area contributed by atoms with Gasteiger partial charge in [0.15, 0.2) is 0 Å². The van der Waals surface area contributed by atoms with Crippen LogP contribution in [0.5, 0.6) is 0 Å². The topological polar surface area (TPSA) is 40.5 Å². The molecular formula is C16H22FNO2S. The molecule has 1 saturated heterocycles. The number of likely N-dealkylation sites (tertiary alicyclic amines) is 1. The fraction of sp³-hybridized carbons (Fsp3) is 0.562. The van der Waals surface area contributed by atoms with Crippen molar-refractivity contribution in [2.24, 2.45) is 5.92 Å². The van der Waals surface area contributed by atoms with Gasteiger partial charge in [0, 0.05) is 25.4 Å². The molecule has 0 bridgehead atoms. The van der Waals surface area contributed by atoms with Gasteiger partial charge in [0.2, 0.25) is 5.91 Å². The number of carbonyl (C=O) groups is 1. The highest BCUT2D eigenvalue weighted by molar-refractivity contribution is 7.99. The number of thioether (sulfide) groups is 1. The van der Waals surface area contributed by atoms with Crippen molar-refractivity contribution in [1.82, 2.24) is 4.90 Å². The van der Waals surface area contributed by atoms with Crippen molar-refractivity contribution >= 4 is 17.7 Å². The maximum atomic E-state index is 12.8. The van der Waals surface area contributed by atoms with Crippen LogP contribution < -0.4 is 0 Å². The van der Waals surface area contributed by atoms with Gasteiger partial charge < -0.3 is 10.0 Å². The molecule has 1 aromatic rings. The zero-order valence-electron chi connectivity index (χ0n) is 12.1. The average Bonchev–Trinajstić information content (AvgIpc) is 2.50. The summed E-state index contributed by atoms with van der Waals surface area (Å²) in [7, 11) is 0. The number of rotatable bonds is 6. The van der Waals surface area contributed by atoms with Crippen molar-refractivity contribution in [2.45, 2.75) is 25.0 Å². The van der Waals surface area contributed by atoms with Gasteiger partial charge in [0.05, 0.1) is 5.75 Å². The van der Waals surface area contributed by atoms with Gasteiger partial charge in [-0.05, 0) is 42.9 Å². The number of piperidine rings is 1. The molecule has 1 aromatic carbocycles. The standard InChI is InChI=1S/C16H22FNO2S/c17-15-5-3-14(4-6-15)11-21-12-16(20)18-8-1-2-13(10-18)7-9-19/h3-6,13,19H,1-2,7-12H2. The molecule has 0 aliphatic carbocycles. The van der Waals surface area contributed by atoms with E-state index in [1.54, 1.807) is 23.9 Å². The number of hydrogen-bond donors (Lipinski definition) is 1. The van der Waals surface area contributed by atoms with E-state index < -0.39 is 0 Å². The van der Waals surface area contributed by atoms with Crippen LogP contribution in [-0.2, 0) is 10.5 Å². The highest BCUT2D eigenvalue weighted by Gasteiger charge is 2.22. The van der Waals surface area contributed by atoms with Crippen LogP contribution in [0.25, 0.3) is 0 Å². The van der Waals surface area contributed by atoms with Gasteiger partial charge in [-0.15, -0.1) is 11.8 Å². The summed E-state index contributed by atoms with van der Waals surface area (Å²) in [5.41, 5.74) is 1.03. The van der Waals surface area contributed by atoms with Gasteiger partial charge in [0.1, 0.15) is 5.82 Å². The van der Waals surface area contributed by atoms with E-state index in [0.717, 1.165) is 43.7 Å². The minimum atomic E-state index is -0.233. The number of nitrogens with zero attached hydrogens (tertiary/aromatic N) is 1. The van der Waals surface area contributed by atoms with Crippen LogP contribution >= 0.6 is 11.8 Å². The summed E-state index contributed by atoms with van der Waals surface area (Å²) in [6.45, 7) is 1.81. The summed E-state index contributed by atoms with van der Waals surface area (Å²) in [6, 6.07) is 6.40. The van der Waals surface area contributed by atoms with Crippen LogP contribution in [-0.4, -0.2) is 41.4 Å². The van der Waals surface area contributed by atoms with Gasteiger partial charge in [0.25, 0.3) is 0 Å². The molecule has 0 spiro atoms. The van der Waals surface area contributed by atoms with Crippen molar-refractivity contribution in [1.29, 1.82) is 0 Å². The quantitative estimate of drug-likeness (QED) is 0.878. The van der Waals surface area contributed by atoms with E-state index >= 15 is 0 Å². The summed E-state index contributed by atoms with van der Waals surface area (Å²) in [5, 5.41) is 9.00. The summed E-state index contributed by atoms with van der Waals surface area (Å²) < 4.78 is 12.8. The molecule has 116 valence electrons. The molecule has 1 fully saturated rings. The normalized spacial score (nSPS) is 18.8. The minimum Gasteiger partial charge on any atom is -0.396 e. The molecule has 1 aliphatic heterocycles. The van der Waals surface area contributed by atoms with Crippen molar-refractivity contribution < 1.29 is 14.3 Å². The average molecular weight is 311 g/mol. The Kier molecular flexibility index (Phi) is 6.51. The third kappa shape index (κ3) is 5.32. The molecule has 1 atom stereocenters. The fourth-order valence-electron chi connectivity index (χ4n) is 2.64. The third-order valence-corrected chi connectivity index (χ3v) is 4.81. The minimum absolute atomic E-state index is 0.171.